The molecule has 0 aromatic heterocycles. The molecule has 0 spiro atoms. The summed E-state index contributed by atoms with van der Waals surface area (Å²) in [5, 5.41) is 0. The fourth-order valence-electron chi connectivity index (χ4n) is 1.67. The summed E-state index contributed by atoms with van der Waals surface area (Å²) in [6.07, 6.45) is 2.18. The number of hydrogen-bond donors (Lipinski definition) is 0. The van der Waals surface area contributed by atoms with Crippen LogP contribution in [0.15, 0.2) is 0 Å². The summed E-state index contributed by atoms with van der Waals surface area (Å²) in [5.41, 5.74) is -0.598. The summed E-state index contributed by atoms with van der Waals surface area (Å²) in [7, 11) is 5.57. The molecule has 0 heterocycles. The molecule has 3 atom stereocenters. The maximum absolute atomic E-state index is 11.5. The molecule has 0 saturated carbocycles. The molecule has 0 radical (unpaired) electrons. The van der Waals surface area contributed by atoms with Crippen molar-refractivity contribution in [3.05, 3.63) is 0 Å². The van der Waals surface area contributed by atoms with E-state index < -0.39 is 23.3 Å². The van der Waals surface area contributed by atoms with E-state index in [1.807, 2.05) is 28.4 Å². The Kier molecular flexibility index (Phi) is 9.46. The number of unbranched alkanes of at least 4 members (excludes halogenated alkanes) is 1. The quantitative estimate of drug-likeness (QED) is 0.382. The summed E-state index contributed by atoms with van der Waals surface area (Å²) in [5.74, 6) is -2.55. The van der Waals surface area contributed by atoms with Gasteiger partial charge in [-0.25, -0.2) is 0 Å². The van der Waals surface area contributed by atoms with Gasteiger partial charge in [0.05, 0.1) is 33.8 Å². The average Bonchev–Trinajstić information content (AvgIpc) is 2.44. The molecule has 6 nitrogen and oxygen atoms in total. The first kappa shape index (κ1) is 19.7. The monoisotopic (exact) mass is 342 g/mol. The van der Waals surface area contributed by atoms with E-state index >= 15 is 0 Å². The molecule has 0 saturated heterocycles. The standard InChI is InChI=1S/C11H21O6P3/c1-11(2,10(14)17-20)6-4-3-5-7(8(12)15-18)9(13)16-19/h7H,3-6,18-20H2,1-2H3. The van der Waals surface area contributed by atoms with Crippen LogP contribution in [-0.4, -0.2) is 17.9 Å². The molecule has 0 amide bonds. The third-order valence-electron chi connectivity index (χ3n) is 3.01. The lowest BCUT2D eigenvalue weighted by Crippen LogP contribution is -2.25. The van der Waals surface area contributed by atoms with Crippen LogP contribution in [0.1, 0.15) is 39.5 Å². The van der Waals surface area contributed by atoms with Crippen molar-refractivity contribution in [1.29, 1.82) is 0 Å². The Morgan fingerprint density at radius 2 is 1.45 bits per heavy atom. The lowest BCUT2D eigenvalue weighted by atomic mass is 9.86. The Balaban J connectivity index is 4.29. The zero-order chi connectivity index (χ0) is 15.8. The van der Waals surface area contributed by atoms with Gasteiger partial charge in [-0.15, -0.1) is 0 Å². The second-order valence-corrected chi connectivity index (χ2v) is 5.67. The van der Waals surface area contributed by atoms with Gasteiger partial charge in [-0.3, -0.25) is 14.4 Å². The fraction of sp³-hybridized carbons (Fsp3) is 0.727. The van der Waals surface area contributed by atoms with Crippen LogP contribution in [0.4, 0.5) is 0 Å². The predicted octanol–water partition coefficient (Wildman–Crippen LogP) is 2.19. The summed E-state index contributed by atoms with van der Waals surface area (Å²) in [6.45, 7) is 3.57. The minimum Gasteiger partial charge on any atom is -0.451 e. The highest BCUT2D eigenvalue weighted by atomic mass is 31.0. The summed E-state index contributed by atoms with van der Waals surface area (Å²) < 4.78 is 13.6. The van der Waals surface area contributed by atoms with Gasteiger partial charge in [0, 0.05) is 0 Å². The summed E-state index contributed by atoms with van der Waals surface area (Å²) in [6, 6.07) is 0. The first-order chi connectivity index (χ1) is 9.30. The molecule has 9 heteroatoms. The van der Waals surface area contributed by atoms with Crippen molar-refractivity contribution in [3.63, 3.8) is 0 Å². The fourth-order valence-corrected chi connectivity index (χ4v) is 2.32. The molecule has 0 N–H and O–H groups in total. The third-order valence-corrected chi connectivity index (χ3v) is 3.68. The lowest BCUT2D eigenvalue weighted by molar-refractivity contribution is -0.150. The third kappa shape index (κ3) is 6.43. The highest BCUT2D eigenvalue weighted by Crippen LogP contribution is 2.27. The Hall–Kier alpha value is -0.300. The smallest absolute Gasteiger partial charge is 0.322 e. The van der Waals surface area contributed by atoms with Crippen molar-refractivity contribution in [2.75, 3.05) is 0 Å². The SMILES string of the molecule is CC(C)(CCCCC(C(=O)OP)C(=O)OP)C(=O)OP. The molecule has 0 aromatic rings. The van der Waals surface area contributed by atoms with Crippen molar-refractivity contribution in [2.24, 2.45) is 11.3 Å². The zero-order valence-corrected chi connectivity index (χ0v) is 15.1. The van der Waals surface area contributed by atoms with Crippen LogP contribution in [0.3, 0.4) is 0 Å². The van der Waals surface area contributed by atoms with Crippen molar-refractivity contribution in [2.45, 2.75) is 39.5 Å². The second kappa shape index (κ2) is 9.60. The molecule has 0 aliphatic rings. The molecular formula is C11H21O6P3. The van der Waals surface area contributed by atoms with Gasteiger partial charge in [-0.1, -0.05) is 12.8 Å². The molecule has 0 fully saturated rings. The Morgan fingerprint density at radius 1 is 0.950 bits per heavy atom. The van der Waals surface area contributed by atoms with E-state index in [1.54, 1.807) is 13.8 Å². The van der Waals surface area contributed by atoms with Crippen LogP contribution in [0.2, 0.25) is 0 Å². The molecular weight excluding hydrogens is 321 g/mol. The Labute approximate surface area is 125 Å². The molecule has 0 rings (SSSR count). The molecule has 116 valence electrons. The van der Waals surface area contributed by atoms with E-state index in [1.165, 1.54) is 0 Å². The van der Waals surface area contributed by atoms with Gasteiger partial charge in [0.1, 0.15) is 0 Å². The second-order valence-electron chi connectivity index (χ2n) is 4.96. The largest absolute Gasteiger partial charge is 0.451 e. The minimum absolute atomic E-state index is 0.312. The van der Waals surface area contributed by atoms with E-state index in [9.17, 15) is 14.4 Å². The van der Waals surface area contributed by atoms with Crippen molar-refractivity contribution in [3.8, 4) is 0 Å². The molecule has 0 bridgehead atoms. The molecule has 0 aliphatic carbocycles. The van der Waals surface area contributed by atoms with E-state index in [4.69, 9.17) is 0 Å². The van der Waals surface area contributed by atoms with Gasteiger partial charge in [-0.2, -0.15) is 0 Å². The average molecular weight is 342 g/mol. The molecule has 3 unspecified atom stereocenters. The van der Waals surface area contributed by atoms with Crippen molar-refractivity contribution in [1.82, 2.24) is 0 Å². The number of hydrogen-bond acceptors (Lipinski definition) is 6. The van der Waals surface area contributed by atoms with Crippen LogP contribution in [0.25, 0.3) is 0 Å². The van der Waals surface area contributed by atoms with Gasteiger partial charge in [0.25, 0.3) is 0 Å². The van der Waals surface area contributed by atoms with E-state index in [-0.39, 0.29) is 5.97 Å². The zero-order valence-electron chi connectivity index (χ0n) is 11.6. The van der Waals surface area contributed by atoms with E-state index in [0.717, 1.165) is 0 Å². The molecule has 20 heavy (non-hydrogen) atoms. The Morgan fingerprint density at radius 3 is 1.85 bits per heavy atom. The first-order valence-electron chi connectivity index (χ1n) is 6.02. The number of carbonyl (C=O) groups is 3. The number of carbonyl (C=O) groups excluding carboxylic acids is 3. The topological polar surface area (TPSA) is 78.9 Å². The minimum atomic E-state index is -0.943. The van der Waals surface area contributed by atoms with Gasteiger partial charge in [0.2, 0.25) is 0 Å². The van der Waals surface area contributed by atoms with Crippen molar-refractivity contribution < 1.29 is 28.0 Å². The predicted molar refractivity (Wildman–Crippen MR) is 83.1 cm³/mol. The van der Waals surface area contributed by atoms with Crippen LogP contribution >= 0.6 is 28.4 Å². The summed E-state index contributed by atoms with van der Waals surface area (Å²) >= 11 is 0. The van der Waals surface area contributed by atoms with E-state index in [2.05, 4.69) is 13.6 Å². The van der Waals surface area contributed by atoms with Crippen LogP contribution in [-0.2, 0) is 28.0 Å². The summed E-state index contributed by atoms with van der Waals surface area (Å²) in [4.78, 5) is 34.3. The lowest BCUT2D eigenvalue weighted by Gasteiger charge is -2.21. The maximum atomic E-state index is 11.5. The molecule has 0 aromatic carbocycles. The highest BCUT2D eigenvalue weighted by Gasteiger charge is 2.30. The van der Waals surface area contributed by atoms with Gasteiger partial charge in [0.15, 0.2) is 5.92 Å². The van der Waals surface area contributed by atoms with Gasteiger partial charge in [-0.05, 0) is 26.7 Å². The number of rotatable bonds is 8. The molecule has 0 aliphatic heterocycles. The van der Waals surface area contributed by atoms with Crippen molar-refractivity contribution >= 4 is 46.3 Å². The highest BCUT2D eigenvalue weighted by molar-refractivity contribution is 7.11. The van der Waals surface area contributed by atoms with Crippen LogP contribution < -0.4 is 0 Å². The van der Waals surface area contributed by atoms with E-state index in [0.29, 0.717) is 25.7 Å². The Bertz CT molecular complexity index is 342. The van der Waals surface area contributed by atoms with Crippen LogP contribution in [0.5, 0.6) is 0 Å². The van der Waals surface area contributed by atoms with Gasteiger partial charge < -0.3 is 13.6 Å². The normalized spacial score (nSPS) is 11.1. The van der Waals surface area contributed by atoms with Gasteiger partial charge >= 0.3 is 17.9 Å². The maximum Gasteiger partial charge on any atom is 0.322 e. The first-order valence-corrected chi connectivity index (χ1v) is 7.44. The van der Waals surface area contributed by atoms with Crippen LogP contribution in [0, 0.1) is 11.3 Å².